The fourth-order valence-corrected chi connectivity index (χ4v) is 2.60. The lowest BCUT2D eigenvalue weighted by Gasteiger charge is -2.21. The number of carbonyl (C=O) groups excluding carboxylic acids is 1. The van der Waals surface area contributed by atoms with Crippen LogP contribution in [0, 0.1) is 0 Å². The molecular formula is C20H27N3O2. The van der Waals surface area contributed by atoms with Gasteiger partial charge in [-0.3, -0.25) is 4.79 Å². The lowest BCUT2D eigenvalue weighted by molar-refractivity contribution is -0.115. The number of benzene rings is 2. The molecular weight excluding hydrogens is 314 g/mol. The van der Waals surface area contributed by atoms with Crippen molar-refractivity contribution < 1.29 is 9.53 Å². The zero-order valence-electron chi connectivity index (χ0n) is 15.2. The number of nitrogens with one attached hydrogen (secondary N) is 2. The van der Waals surface area contributed by atoms with Crippen LogP contribution in [-0.2, 0) is 4.79 Å². The van der Waals surface area contributed by atoms with Crippen molar-refractivity contribution >= 4 is 23.0 Å². The Labute approximate surface area is 150 Å². The summed E-state index contributed by atoms with van der Waals surface area (Å²) in [6, 6.07) is 15.6. The summed E-state index contributed by atoms with van der Waals surface area (Å²) in [4.78, 5) is 14.3. The van der Waals surface area contributed by atoms with E-state index in [0.717, 1.165) is 30.2 Å². The Bertz CT molecular complexity index is 650. The second kappa shape index (κ2) is 9.57. The summed E-state index contributed by atoms with van der Waals surface area (Å²) in [6.07, 6.45) is 0.407. The first-order chi connectivity index (χ1) is 12.2. The van der Waals surface area contributed by atoms with Crippen LogP contribution in [0.25, 0.3) is 0 Å². The lowest BCUT2D eigenvalue weighted by atomic mass is 10.2. The van der Waals surface area contributed by atoms with Crippen LogP contribution in [0.1, 0.15) is 20.3 Å². The average molecular weight is 341 g/mol. The maximum atomic E-state index is 12.1. The first kappa shape index (κ1) is 18.6. The van der Waals surface area contributed by atoms with E-state index in [-0.39, 0.29) is 5.91 Å². The van der Waals surface area contributed by atoms with Crippen molar-refractivity contribution in [2.45, 2.75) is 20.3 Å². The Kier molecular flexibility index (Phi) is 7.14. The third-order valence-corrected chi connectivity index (χ3v) is 4.05. The van der Waals surface area contributed by atoms with E-state index in [4.69, 9.17) is 4.74 Å². The summed E-state index contributed by atoms with van der Waals surface area (Å²) in [5, 5.41) is 6.16. The van der Waals surface area contributed by atoms with Gasteiger partial charge in [-0.15, -0.1) is 0 Å². The number of amides is 1. The summed E-state index contributed by atoms with van der Waals surface area (Å²) in [6.45, 7) is 6.79. The molecule has 5 nitrogen and oxygen atoms in total. The van der Waals surface area contributed by atoms with Crippen LogP contribution < -0.4 is 20.3 Å². The van der Waals surface area contributed by atoms with Crippen LogP contribution in [0.2, 0.25) is 0 Å². The highest BCUT2D eigenvalue weighted by atomic mass is 16.5. The minimum atomic E-state index is -0.00315. The van der Waals surface area contributed by atoms with E-state index in [1.165, 1.54) is 5.69 Å². The molecule has 0 saturated heterocycles. The molecule has 25 heavy (non-hydrogen) atoms. The molecule has 1 amide bonds. The van der Waals surface area contributed by atoms with Crippen molar-refractivity contribution in [1.29, 1.82) is 0 Å². The number of anilines is 3. The van der Waals surface area contributed by atoms with Gasteiger partial charge >= 0.3 is 0 Å². The highest BCUT2D eigenvalue weighted by Gasteiger charge is 2.05. The van der Waals surface area contributed by atoms with Crippen LogP contribution in [0.5, 0.6) is 5.75 Å². The minimum absolute atomic E-state index is 0.00315. The summed E-state index contributed by atoms with van der Waals surface area (Å²) < 4.78 is 5.12. The molecule has 0 saturated carbocycles. The SMILES string of the molecule is CCN(CC)c1ccc(NC(=O)CCNc2ccc(OC)cc2)cc1. The molecule has 2 N–H and O–H groups in total. The van der Waals surface area contributed by atoms with Crippen LogP contribution in [0.3, 0.4) is 0 Å². The number of hydrogen-bond donors (Lipinski definition) is 2. The van der Waals surface area contributed by atoms with Crippen LogP contribution >= 0.6 is 0 Å². The zero-order chi connectivity index (χ0) is 18.1. The van der Waals surface area contributed by atoms with Gasteiger partial charge in [0.15, 0.2) is 0 Å². The first-order valence-corrected chi connectivity index (χ1v) is 8.69. The average Bonchev–Trinajstić information content (AvgIpc) is 2.64. The molecule has 0 unspecified atom stereocenters. The highest BCUT2D eigenvalue weighted by molar-refractivity contribution is 5.91. The number of methoxy groups -OCH3 is 1. The second-order valence-corrected chi connectivity index (χ2v) is 5.67. The molecule has 0 aliphatic carbocycles. The van der Waals surface area contributed by atoms with Crippen molar-refractivity contribution in [1.82, 2.24) is 0 Å². The first-order valence-electron chi connectivity index (χ1n) is 8.69. The Morgan fingerprint density at radius 3 is 2.12 bits per heavy atom. The van der Waals surface area contributed by atoms with Gasteiger partial charge in [-0.25, -0.2) is 0 Å². The van der Waals surface area contributed by atoms with Crippen molar-refractivity contribution in [3.05, 3.63) is 48.5 Å². The molecule has 2 aromatic rings. The van der Waals surface area contributed by atoms with Gasteiger partial charge in [-0.2, -0.15) is 0 Å². The highest BCUT2D eigenvalue weighted by Crippen LogP contribution is 2.18. The monoisotopic (exact) mass is 341 g/mol. The Morgan fingerprint density at radius 1 is 0.960 bits per heavy atom. The largest absolute Gasteiger partial charge is 0.497 e. The molecule has 5 heteroatoms. The topological polar surface area (TPSA) is 53.6 Å². The number of rotatable bonds is 9. The molecule has 0 heterocycles. The predicted octanol–water partition coefficient (Wildman–Crippen LogP) is 3.98. The lowest BCUT2D eigenvalue weighted by Crippen LogP contribution is -2.21. The number of nitrogens with zero attached hydrogens (tertiary/aromatic N) is 1. The molecule has 0 fully saturated rings. The van der Waals surface area contributed by atoms with Gasteiger partial charge in [0.2, 0.25) is 5.91 Å². The van der Waals surface area contributed by atoms with Gasteiger partial charge in [-0.05, 0) is 62.4 Å². The quantitative estimate of drug-likeness (QED) is 0.724. The molecule has 0 aromatic heterocycles. The smallest absolute Gasteiger partial charge is 0.226 e. The van der Waals surface area contributed by atoms with Crippen LogP contribution in [-0.4, -0.2) is 32.7 Å². The molecule has 0 bridgehead atoms. The van der Waals surface area contributed by atoms with Crippen molar-refractivity contribution in [3.8, 4) is 5.75 Å². The van der Waals surface area contributed by atoms with E-state index in [9.17, 15) is 4.79 Å². The third kappa shape index (κ3) is 5.71. The van der Waals surface area contributed by atoms with Gasteiger partial charge < -0.3 is 20.3 Å². The summed E-state index contributed by atoms with van der Waals surface area (Å²) in [7, 11) is 1.64. The van der Waals surface area contributed by atoms with Crippen LogP contribution in [0.4, 0.5) is 17.1 Å². The standard InChI is InChI=1S/C20H27N3O2/c1-4-23(5-2)18-10-6-17(7-11-18)22-20(24)14-15-21-16-8-12-19(25-3)13-9-16/h6-13,21H,4-5,14-15H2,1-3H3,(H,22,24). The van der Waals surface area contributed by atoms with E-state index >= 15 is 0 Å². The molecule has 2 rings (SSSR count). The van der Waals surface area contributed by atoms with E-state index in [1.807, 2.05) is 48.5 Å². The van der Waals surface area contributed by atoms with Crippen molar-refractivity contribution in [2.24, 2.45) is 0 Å². The van der Waals surface area contributed by atoms with Gasteiger partial charge in [0.05, 0.1) is 7.11 Å². The molecule has 0 aliphatic rings. The molecule has 0 spiro atoms. The number of ether oxygens (including phenoxy) is 1. The van der Waals surface area contributed by atoms with Crippen molar-refractivity contribution in [3.63, 3.8) is 0 Å². The maximum Gasteiger partial charge on any atom is 0.226 e. The molecule has 0 atom stereocenters. The summed E-state index contributed by atoms with van der Waals surface area (Å²) in [5.41, 5.74) is 2.96. The normalized spacial score (nSPS) is 10.2. The van der Waals surface area contributed by atoms with Gasteiger partial charge in [-0.1, -0.05) is 0 Å². The molecule has 0 radical (unpaired) electrons. The summed E-state index contributed by atoms with van der Waals surface area (Å²) in [5.74, 6) is 0.813. The van der Waals surface area contributed by atoms with Gasteiger partial charge in [0, 0.05) is 43.1 Å². The minimum Gasteiger partial charge on any atom is -0.497 e. The number of carbonyl (C=O) groups is 1. The Hall–Kier alpha value is -2.69. The molecule has 0 aliphatic heterocycles. The molecule has 2 aromatic carbocycles. The Morgan fingerprint density at radius 2 is 1.56 bits per heavy atom. The zero-order valence-corrected chi connectivity index (χ0v) is 15.2. The van der Waals surface area contributed by atoms with Gasteiger partial charge in [0.25, 0.3) is 0 Å². The van der Waals surface area contributed by atoms with E-state index < -0.39 is 0 Å². The number of hydrogen-bond acceptors (Lipinski definition) is 4. The second-order valence-electron chi connectivity index (χ2n) is 5.67. The fraction of sp³-hybridized carbons (Fsp3) is 0.350. The van der Waals surface area contributed by atoms with E-state index in [0.29, 0.717) is 13.0 Å². The fourth-order valence-electron chi connectivity index (χ4n) is 2.60. The van der Waals surface area contributed by atoms with Crippen molar-refractivity contribution in [2.75, 3.05) is 42.3 Å². The van der Waals surface area contributed by atoms with Crippen LogP contribution in [0.15, 0.2) is 48.5 Å². The van der Waals surface area contributed by atoms with E-state index in [2.05, 4.69) is 29.4 Å². The summed E-state index contributed by atoms with van der Waals surface area (Å²) >= 11 is 0. The predicted molar refractivity (Wildman–Crippen MR) is 105 cm³/mol. The van der Waals surface area contributed by atoms with E-state index in [1.54, 1.807) is 7.11 Å². The maximum absolute atomic E-state index is 12.1. The van der Waals surface area contributed by atoms with Gasteiger partial charge in [0.1, 0.15) is 5.75 Å². The Balaban J connectivity index is 1.77. The third-order valence-electron chi connectivity index (χ3n) is 4.05. The molecule has 134 valence electrons.